The largest absolute Gasteiger partial charge is 0.366 e. The third kappa shape index (κ3) is 3.86. The van der Waals surface area contributed by atoms with Crippen LogP contribution in [-0.4, -0.2) is 26.1 Å². The maximum Gasteiger partial charge on any atom is 0.248 e. The van der Waals surface area contributed by atoms with Crippen LogP contribution in [0.5, 0.6) is 0 Å². The molecule has 3 aromatic rings. The molecular weight excluding hydrogens is 354 g/mol. The van der Waals surface area contributed by atoms with Crippen molar-refractivity contribution in [1.29, 1.82) is 0 Å². The van der Waals surface area contributed by atoms with E-state index >= 15 is 0 Å². The van der Waals surface area contributed by atoms with E-state index in [0.717, 1.165) is 6.07 Å². The van der Waals surface area contributed by atoms with Gasteiger partial charge in [-0.2, -0.15) is 0 Å². The lowest BCUT2D eigenvalue weighted by molar-refractivity contribution is 0.1000. The van der Waals surface area contributed by atoms with Gasteiger partial charge in [0.1, 0.15) is 23.0 Å². The maximum atomic E-state index is 14.2. The number of hydrogen-bond donors (Lipinski definition) is 2. The van der Waals surface area contributed by atoms with E-state index in [0.29, 0.717) is 0 Å². The van der Waals surface area contributed by atoms with E-state index in [1.165, 1.54) is 36.7 Å². The molecule has 0 bridgehead atoms. The molecule has 9 heteroatoms. The number of halogens is 2. The van der Waals surface area contributed by atoms with E-state index in [9.17, 15) is 13.6 Å². The summed E-state index contributed by atoms with van der Waals surface area (Å²) in [6.07, 6.45) is 2.81. The van der Waals surface area contributed by atoms with E-state index in [1.807, 2.05) is 0 Å². The number of nitrogens with zero attached hydrogens (tertiary/aromatic N) is 4. The van der Waals surface area contributed by atoms with Crippen molar-refractivity contribution < 1.29 is 13.6 Å². The molecule has 0 radical (unpaired) electrons. The van der Waals surface area contributed by atoms with Crippen molar-refractivity contribution in [3.8, 4) is 11.3 Å². The molecule has 0 aliphatic carbocycles. The van der Waals surface area contributed by atoms with Gasteiger partial charge in [0.15, 0.2) is 0 Å². The molecule has 3 N–H and O–H groups in total. The van der Waals surface area contributed by atoms with Crippen molar-refractivity contribution in [2.24, 2.45) is 5.73 Å². The minimum Gasteiger partial charge on any atom is -0.366 e. The first-order valence-electron chi connectivity index (χ1n) is 7.96. The Hall–Kier alpha value is -3.49. The van der Waals surface area contributed by atoms with Gasteiger partial charge in [0.05, 0.1) is 11.7 Å². The quantitative estimate of drug-likeness (QED) is 0.715. The van der Waals surface area contributed by atoms with Crippen LogP contribution in [0.25, 0.3) is 11.3 Å². The molecule has 7 nitrogen and oxygen atoms in total. The zero-order valence-corrected chi connectivity index (χ0v) is 14.6. The zero-order chi connectivity index (χ0) is 19.6. The molecule has 0 atom stereocenters. The van der Waals surface area contributed by atoms with Gasteiger partial charge in [-0.15, -0.1) is 10.2 Å². The molecule has 0 fully saturated rings. The Balaban J connectivity index is 1.84. The SMILES string of the molecule is CC(C)(Nc1ncc(-c2ccc(C(N)=O)cc2F)nn1)c1ncccc1F. The van der Waals surface area contributed by atoms with Gasteiger partial charge in [0, 0.05) is 17.3 Å². The monoisotopic (exact) mass is 370 g/mol. The highest BCUT2D eigenvalue weighted by Crippen LogP contribution is 2.25. The number of carbonyl (C=O) groups is 1. The number of rotatable bonds is 5. The number of anilines is 1. The Morgan fingerprint density at radius 3 is 2.48 bits per heavy atom. The second-order valence-corrected chi connectivity index (χ2v) is 6.31. The van der Waals surface area contributed by atoms with Gasteiger partial charge >= 0.3 is 0 Å². The molecule has 0 saturated heterocycles. The summed E-state index contributed by atoms with van der Waals surface area (Å²) in [5.74, 6) is -1.73. The predicted octanol–water partition coefficient (Wildman–Crippen LogP) is 2.66. The number of hydrogen-bond acceptors (Lipinski definition) is 6. The van der Waals surface area contributed by atoms with Gasteiger partial charge in [-0.05, 0) is 44.2 Å². The number of amides is 1. The molecule has 27 heavy (non-hydrogen) atoms. The van der Waals surface area contributed by atoms with Gasteiger partial charge < -0.3 is 11.1 Å². The average molecular weight is 370 g/mol. The fourth-order valence-corrected chi connectivity index (χ4v) is 2.52. The lowest BCUT2D eigenvalue weighted by atomic mass is 9.99. The molecular formula is C18H16F2N6O. The maximum absolute atomic E-state index is 14.2. The van der Waals surface area contributed by atoms with E-state index < -0.39 is 23.1 Å². The molecule has 1 aromatic carbocycles. The summed E-state index contributed by atoms with van der Waals surface area (Å²) in [6.45, 7) is 3.44. The fraction of sp³-hybridized carbons (Fsp3) is 0.167. The van der Waals surface area contributed by atoms with Gasteiger partial charge in [0.25, 0.3) is 0 Å². The standard InChI is InChI=1S/C18H16F2N6O/c1-18(2,15-12(19)4-3-7-22-15)24-17-23-9-14(25-26-17)11-6-5-10(16(21)27)8-13(11)20/h3-9H,1-2H3,(H2,21,27)(H,23,24,26). The average Bonchev–Trinajstić information content (AvgIpc) is 2.62. The van der Waals surface area contributed by atoms with Gasteiger partial charge in [-0.1, -0.05) is 0 Å². The summed E-state index contributed by atoms with van der Waals surface area (Å²) in [4.78, 5) is 19.2. The molecule has 2 heterocycles. The highest BCUT2D eigenvalue weighted by molar-refractivity contribution is 5.93. The number of aromatic nitrogens is 4. The van der Waals surface area contributed by atoms with E-state index in [1.54, 1.807) is 13.8 Å². The highest BCUT2D eigenvalue weighted by Gasteiger charge is 2.26. The normalized spacial score (nSPS) is 11.3. The first kappa shape index (κ1) is 18.3. The summed E-state index contributed by atoms with van der Waals surface area (Å²) in [5, 5.41) is 10.8. The second-order valence-electron chi connectivity index (χ2n) is 6.31. The summed E-state index contributed by atoms with van der Waals surface area (Å²) in [6, 6.07) is 6.60. The highest BCUT2D eigenvalue weighted by atomic mass is 19.1. The Kier molecular flexibility index (Phi) is 4.76. The van der Waals surface area contributed by atoms with Crippen LogP contribution in [0, 0.1) is 11.6 Å². The van der Waals surface area contributed by atoms with Crippen LogP contribution in [0.4, 0.5) is 14.7 Å². The van der Waals surface area contributed by atoms with Crippen molar-refractivity contribution >= 4 is 11.9 Å². The molecule has 0 aliphatic heterocycles. The van der Waals surface area contributed by atoms with Crippen molar-refractivity contribution in [3.63, 3.8) is 0 Å². The van der Waals surface area contributed by atoms with Crippen LogP contribution in [-0.2, 0) is 5.54 Å². The summed E-state index contributed by atoms with van der Waals surface area (Å²) in [5.41, 5.74) is 4.78. The number of pyridine rings is 1. The number of nitrogens with two attached hydrogens (primary N) is 1. The van der Waals surface area contributed by atoms with Crippen molar-refractivity contribution in [2.45, 2.75) is 19.4 Å². The molecule has 3 rings (SSSR count). The molecule has 1 amide bonds. The Bertz CT molecular complexity index is 991. The van der Waals surface area contributed by atoms with E-state index in [2.05, 4.69) is 25.5 Å². The van der Waals surface area contributed by atoms with E-state index in [4.69, 9.17) is 5.73 Å². The Morgan fingerprint density at radius 2 is 1.89 bits per heavy atom. The smallest absolute Gasteiger partial charge is 0.248 e. The first-order valence-corrected chi connectivity index (χ1v) is 7.96. The molecule has 2 aromatic heterocycles. The van der Waals surface area contributed by atoms with E-state index in [-0.39, 0.29) is 28.5 Å². The van der Waals surface area contributed by atoms with Crippen LogP contribution in [0.15, 0.2) is 42.7 Å². The topological polar surface area (TPSA) is 107 Å². The van der Waals surface area contributed by atoms with Crippen molar-refractivity contribution in [2.75, 3.05) is 5.32 Å². The van der Waals surface area contributed by atoms with Crippen LogP contribution in [0.3, 0.4) is 0 Å². The zero-order valence-electron chi connectivity index (χ0n) is 14.6. The summed E-state index contributed by atoms with van der Waals surface area (Å²) in [7, 11) is 0. The second kappa shape index (κ2) is 7.02. The number of primary amides is 1. The van der Waals surface area contributed by atoms with Crippen LogP contribution < -0.4 is 11.1 Å². The van der Waals surface area contributed by atoms with Crippen molar-refractivity contribution in [1.82, 2.24) is 20.2 Å². The molecule has 138 valence electrons. The van der Waals surface area contributed by atoms with Crippen LogP contribution >= 0.6 is 0 Å². The van der Waals surface area contributed by atoms with Crippen molar-refractivity contribution in [3.05, 3.63) is 65.6 Å². The summed E-state index contributed by atoms with van der Waals surface area (Å²) < 4.78 is 28.1. The van der Waals surface area contributed by atoms with Gasteiger partial charge in [-0.25, -0.2) is 13.8 Å². The minimum atomic E-state index is -0.900. The molecule has 0 saturated carbocycles. The van der Waals surface area contributed by atoms with Gasteiger partial charge in [0.2, 0.25) is 11.9 Å². The molecule has 0 unspecified atom stereocenters. The first-order chi connectivity index (χ1) is 12.8. The number of benzene rings is 1. The lowest BCUT2D eigenvalue weighted by Gasteiger charge is -2.25. The lowest BCUT2D eigenvalue weighted by Crippen LogP contribution is -2.31. The fourth-order valence-electron chi connectivity index (χ4n) is 2.52. The van der Waals surface area contributed by atoms with Gasteiger partial charge in [-0.3, -0.25) is 9.78 Å². The number of nitrogens with one attached hydrogen (secondary N) is 1. The predicted molar refractivity (Wildman–Crippen MR) is 94.6 cm³/mol. The third-order valence-corrected chi connectivity index (χ3v) is 3.87. The van der Waals surface area contributed by atoms with Crippen LogP contribution in [0.2, 0.25) is 0 Å². The van der Waals surface area contributed by atoms with Crippen LogP contribution in [0.1, 0.15) is 29.9 Å². The molecule has 0 aliphatic rings. The summed E-state index contributed by atoms with van der Waals surface area (Å²) >= 11 is 0. The molecule has 0 spiro atoms. The minimum absolute atomic E-state index is 0.0505. The number of carbonyl (C=O) groups excluding carboxylic acids is 1. The Labute approximate surface area is 153 Å². The Morgan fingerprint density at radius 1 is 1.11 bits per heavy atom. The third-order valence-electron chi connectivity index (χ3n) is 3.87.